The summed E-state index contributed by atoms with van der Waals surface area (Å²) in [5, 5.41) is 6.99. The van der Waals surface area contributed by atoms with Gasteiger partial charge in [-0.15, -0.1) is 0 Å². The van der Waals surface area contributed by atoms with Crippen molar-refractivity contribution >= 4 is 22.6 Å². The molecule has 0 atom stereocenters. The number of halogens is 1. The van der Waals surface area contributed by atoms with Crippen LogP contribution in [0.2, 0.25) is 0 Å². The zero-order valence-corrected chi connectivity index (χ0v) is 15.6. The number of anilines is 1. The molecule has 1 amide bonds. The molecule has 3 heterocycles. The molecule has 0 saturated heterocycles. The predicted molar refractivity (Wildman–Crippen MR) is 102 cm³/mol. The summed E-state index contributed by atoms with van der Waals surface area (Å²) < 4.78 is 24.3. The lowest BCUT2D eigenvalue weighted by atomic mass is 10.2. The molecule has 0 fully saturated rings. The van der Waals surface area contributed by atoms with Gasteiger partial charge in [-0.2, -0.15) is 0 Å². The molecule has 3 aromatic heterocycles. The Morgan fingerprint density at radius 3 is 2.69 bits per heavy atom. The Hall–Kier alpha value is -3.88. The topological polar surface area (TPSA) is 103 Å². The molecule has 0 saturated carbocycles. The SMILES string of the molecule is Cc1onc(NC(=O)Cc2ncc(Oc3ccnc4ccc(F)cc34)cn2)c1C. The van der Waals surface area contributed by atoms with Gasteiger partial charge in [-0.1, -0.05) is 5.16 Å². The Morgan fingerprint density at radius 2 is 1.97 bits per heavy atom. The number of ether oxygens (including phenoxy) is 1. The van der Waals surface area contributed by atoms with E-state index in [4.69, 9.17) is 9.26 Å². The highest BCUT2D eigenvalue weighted by Gasteiger charge is 2.13. The molecule has 146 valence electrons. The van der Waals surface area contributed by atoms with Gasteiger partial charge in [0.15, 0.2) is 11.6 Å². The summed E-state index contributed by atoms with van der Waals surface area (Å²) in [5.41, 5.74) is 1.38. The van der Waals surface area contributed by atoms with Crippen molar-refractivity contribution in [1.29, 1.82) is 0 Å². The van der Waals surface area contributed by atoms with Crippen molar-refractivity contribution in [1.82, 2.24) is 20.1 Å². The summed E-state index contributed by atoms with van der Waals surface area (Å²) in [6.07, 6.45) is 4.44. The normalized spacial score (nSPS) is 10.9. The summed E-state index contributed by atoms with van der Waals surface area (Å²) in [7, 11) is 0. The third kappa shape index (κ3) is 4.03. The molecule has 1 N–H and O–H groups in total. The highest BCUT2D eigenvalue weighted by atomic mass is 19.1. The monoisotopic (exact) mass is 393 g/mol. The Bertz CT molecular complexity index is 1190. The van der Waals surface area contributed by atoms with Crippen LogP contribution in [0.25, 0.3) is 10.9 Å². The van der Waals surface area contributed by atoms with E-state index in [9.17, 15) is 9.18 Å². The van der Waals surface area contributed by atoms with Gasteiger partial charge in [-0.05, 0) is 38.1 Å². The molecule has 0 aliphatic rings. The van der Waals surface area contributed by atoms with Gasteiger partial charge in [-0.3, -0.25) is 9.78 Å². The standard InChI is InChI=1S/C20H16FN5O3/c1-11-12(2)29-26-20(11)25-19(27)8-18-23-9-14(10-24-18)28-17-5-6-22-16-4-3-13(21)7-15(16)17/h3-7,9-10H,8H2,1-2H3,(H,25,26,27). The number of nitrogens with one attached hydrogen (secondary N) is 1. The van der Waals surface area contributed by atoms with Crippen LogP contribution in [-0.4, -0.2) is 26.0 Å². The van der Waals surface area contributed by atoms with Gasteiger partial charge >= 0.3 is 0 Å². The van der Waals surface area contributed by atoms with Gasteiger partial charge in [0.2, 0.25) is 5.91 Å². The molecule has 0 bridgehead atoms. The fraction of sp³-hybridized carbons (Fsp3) is 0.150. The quantitative estimate of drug-likeness (QED) is 0.551. The second-order valence-electron chi connectivity index (χ2n) is 6.34. The number of hydrogen-bond donors (Lipinski definition) is 1. The fourth-order valence-corrected chi connectivity index (χ4v) is 2.65. The third-order valence-corrected chi connectivity index (χ3v) is 4.31. The fourth-order valence-electron chi connectivity index (χ4n) is 2.65. The molecule has 9 heteroatoms. The van der Waals surface area contributed by atoms with E-state index in [1.165, 1.54) is 24.5 Å². The van der Waals surface area contributed by atoms with Crippen molar-refractivity contribution < 1.29 is 18.4 Å². The molecule has 0 aliphatic heterocycles. The van der Waals surface area contributed by atoms with E-state index >= 15 is 0 Å². The number of aryl methyl sites for hydroxylation is 1. The number of rotatable bonds is 5. The highest BCUT2D eigenvalue weighted by molar-refractivity contribution is 5.91. The number of benzene rings is 1. The molecule has 0 unspecified atom stereocenters. The Morgan fingerprint density at radius 1 is 1.17 bits per heavy atom. The van der Waals surface area contributed by atoms with Gasteiger partial charge in [0.05, 0.1) is 24.3 Å². The highest BCUT2D eigenvalue weighted by Crippen LogP contribution is 2.28. The van der Waals surface area contributed by atoms with Crippen LogP contribution in [0.5, 0.6) is 11.5 Å². The Balaban J connectivity index is 1.45. The Kier molecular flexibility index (Phi) is 4.86. The molecular weight excluding hydrogens is 377 g/mol. The molecule has 0 aliphatic carbocycles. The van der Waals surface area contributed by atoms with Crippen LogP contribution in [-0.2, 0) is 11.2 Å². The van der Waals surface area contributed by atoms with Crippen LogP contribution < -0.4 is 10.1 Å². The summed E-state index contributed by atoms with van der Waals surface area (Å²) >= 11 is 0. The van der Waals surface area contributed by atoms with Crippen molar-refractivity contribution in [2.75, 3.05) is 5.32 Å². The van der Waals surface area contributed by atoms with Gasteiger partial charge in [-0.25, -0.2) is 14.4 Å². The molecule has 8 nitrogen and oxygen atoms in total. The second-order valence-corrected chi connectivity index (χ2v) is 6.34. The average Bonchev–Trinajstić information content (AvgIpc) is 3.02. The second kappa shape index (κ2) is 7.63. The molecule has 1 aromatic carbocycles. The lowest BCUT2D eigenvalue weighted by Crippen LogP contribution is -2.16. The van der Waals surface area contributed by atoms with Crippen LogP contribution in [0.15, 0.2) is 47.4 Å². The maximum absolute atomic E-state index is 13.6. The summed E-state index contributed by atoms with van der Waals surface area (Å²) in [5.74, 6) is 1.43. The van der Waals surface area contributed by atoms with E-state index in [-0.39, 0.29) is 18.1 Å². The first-order valence-electron chi connectivity index (χ1n) is 8.75. The minimum atomic E-state index is -0.384. The van der Waals surface area contributed by atoms with Crippen LogP contribution in [0.1, 0.15) is 17.1 Å². The van der Waals surface area contributed by atoms with Crippen LogP contribution in [0.4, 0.5) is 10.2 Å². The third-order valence-electron chi connectivity index (χ3n) is 4.31. The maximum Gasteiger partial charge on any atom is 0.233 e. The summed E-state index contributed by atoms with van der Waals surface area (Å²) in [4.78, 5) is 24.6. The van der Waals surface area contributed by atoms with E-state index in [1.807, 2.05) is 0 Å². The van der Waals surface area contributed by atoms with E-state index in [2.05, 4.69) is 25.4 Å². The van der Waals surface area contributed by atoms with E-state index in [0.29, 0.717) is 39.8 Å². The Labute approximate surface area is 164 Å². The number of pyridine rings is 1. The minimum Gasteiger partial charge on any atom is -0.453 e. The number of amides is 1. The largest absolute Gasteiger partial charge is 0.453 e. The zero-order valence-electron chi connectivity index (χ0n) is 15.6. The number of fused-ring (bicyclic) bond motifs is 1. The summed E-state index contributed by atoms with van der Waals surface area (Å²) in [6, 6.07) is 5.90. The lowest BCUT2D eigenvalue weighted by Gasteiger charge is -2.08. The molecular formula is C20H16FN5O3. The lowest BCUT2D eigenvalue weighted by molar-refractivity contribution is -0.115. The summed E-state index contributed by atoms with van der Waals surface area (Å²) in [6.45, 7) is 3.57. The number of aromatic nitrogens is 4. The predicted octanol–water partition coefficient (Wildman–Crippen LogP) is 3.74. The van der Waals surface area contributed by atoms with Gasteiger partial charge in [0.1, 0.15) is 23.2 Å². The minimum absolute atomic E-state index is 0.0327. The van der Waals surface area contributed by atoms with Gasteiger partial charge < -0.3 is 14.6 Å². The van der Waals surface area contributed by atoms with E-state index in [1.54, 1.807) is 32.2 Å². The molecule has 4 aromatic rings. The van der Waals surface area contributed by atoms with Crippen molar-refractivity contribution in [3.05, 3.63) is 65.8 Å². The smallest absolute Gasteiger partial charge is 0.233 e. The number of carbonyl (C=O) groups excluding carboxylic acids is 1. The van der Waals surface area contributed by atoms with Crippen molar-refractivity contribution in [3.8, 4) is 11.5 Å². The van der Waals surface area contributed by atoms with E-state index < -0.39 is 0 Å². The van der Waals surface area contributed by atoms with Gasteiger partial charge in [0, 0.05) is 17.1 Å². The van der Waals surface area contributed by atoms with Crippen molar-refractivity contribution in [3.63, 3.8) is 0 Å². The first-order chi connectivity index (χ1) is 14.0. The average molecular weight is 393 g/mol. The van der Waals surface area contributed by atoms with Gasteiger partial charge in [0.25, 0.3) is 0 Å². The molecule has 0 radical (unpaired) electrons. The van der Waals surface area contributed by atoms with Crippen molar-refractivity contribution in [2.45, 2.75) is 20.3 Å². The number of carbonyl (C=O) groups is 1. The maximum atomic E-state index is 13.6. The van der Waals surface area contributed by atoms with E-state index in [0.717, 1.165) is 5.56 Å². The van der Waals surface area contributed by atoms with Crippen LogP contribution >= 0.6 is 0 Å². The zero-order chi connectivity index (χ0) is 20.4. The number of hydrogen-bond acceptors (Lipinski definition) is 7. The molecule has 29 heavy (non-hydrogen) atoms. The molecule has 4 rings (SSSR count). The number of nitrogens with zero attached hydrogens (tertiary/aromatic N) is 4. The first-order valence-corrected chi connectivity index (χ1v) is 8.75. The van der Waals surface area contributed by atoms with Crippen LogP contribution in [0, 0.1) is 19.7 Å². The first kappa shape index (κ1) is 18.5. The van der Waals surface area contributed by atoms with Crippen molar-refractivity contribution in [2.24, 2.45) is 0 Å². The van der Waals surface area contributed by atoms with Crippen LogP contribution in [0.3, 0.4) is 0 Å². The molecule has 0 spiro atoms.